The third kappa shape index (κ3) is 9.61. The van der Waals surface area contributed by atoms with Crippen LogP contribution in [0.3, 0.4) is 0 Å². The second kappa shape index (κ2) is 20.4. The third-order valence-electron chi connectivity index (χ3n) is 12.8. The smallest absolute Gasteiger partial charge is 0.410 e. The summed E-state index contributed by atoms with van der Waals surface area (Å²) in [5, 5.41) is 24.9. The number of amides is 1. The average molecular weight is 852 g/mol. The second-order valence-corrected chi connectivity index (χ2v) is 16.7. The summed E-state index contributed by atoms with van der Waals surface area (Å²) in [6, 6.07) is 20.9. The fraction of sp³-hybridized carbons (Fsp3) is 0.510. The third-order valence-corrected chi connectivity index (χ3v) is 12.8. The molecule has 13 nitrogen and oxygen atoms in total. The van der Waals surface area contributed by atoms with Crippen LogP contribution in [-0.4, -0.2) is 103 Å². The minimum atomic E-state index is -1.44. The van der Waals surface area contributed by atoms with E-state index in [1.54, 1.807) is 17.9 Å². The summed E-state index contributed by atoms with van der Waals surface area (Å²) >= 11 is 0. The van der Waals surface area contributed by atoms with Crippen molar-refractivity contribution in [2.24, 2.45) is 22.9 Å². The summed E-state index contributed by atoms with van der Waals surface area (Å²) in [5.74, 6) is 0.750. The number of aliphatic hydroxyl groups is 2. The Bertz CT molecular complexity index is 2060. The maximum Gasteiger partial charge on any atom is 0.410 e. The summed E-state index contributed by atoms with van der Waals surface area (Å²) in [4.78, 5) is 24.9. The van der Waals surface area contributed by atoms with Crippen molar-refractivity contribution in [2.75, 3.05) is 59.5 Å². The van der Waals surface area contributed by atoms with E-state index in [0.29, 0.717) is 42.4 Å². The number of oxime groups is 1. The molecule has 0 unspecified atom stereocenters. The van der Waals surface area contributed by atoms with Crippen molar-refractivity contribution in [3.63, 3.8) is 0 Å². The van der Waals surface area contributed by atoms with Crippen molar-refractivity contribution in [2.45, 2.75) is 82.8 Å². The molecule has 62 heavy (non-hydrogen) atoms. The summed E-state index contributed by atoms with van der Waals surface area (Å²) in [7, 11) is 0. The lowest BCUT2D eigenvalue weighted by Crippen LogP contribution is -2.70. The van der Waals surface area contributed by atoms with Crippen LogP contribution in [0.2, 0.25) is 0 Å². The highest BCUT2D eigenvalue weighted by molar-refractivity contribution is 6.03. The molecule has 8 rings (SSSR count). The number of aliphatic hydroxyl groups excluding tert-OH is 2. The average Bonchev–Trinajstić information content (AvgIpc) is 4.00. The van der Waals surface area contributed by atoms with Gasteiger partial charge in [0.25, 0.3) is 0 Å². The van der Waals surface area contributed by atoms with Gasteiger partial charge in [-0.05, 0) is 91.5 Å². The molecule has 2 N–H and O–H groups in total. The van der Waals surface area contributed by atoms with E-state index < -0.39 is 23.8 Å². The molecule has 1 saturated heterocycles. The zero-order valence-corrected chi connectivity index (χ0v) is 35.8. The Kier molecular flexibility index (Phi) is 14.3. The topological polar surface area (TPSA) is 141 Å². The first-order chi connectivity index (χ1) is 30.5. The number of hydrogen-bond donors (Lipinski definition) is 2. The molecule has 0 aromatic heterocycles. The lowest BCUT2D eigenvalue weighted by Gasteiger charge is -2.59. The zero-order valence-electron chi connectivity index (χ0n) is 35.8. The van der Waals surface area contributed by atoms with Crippen LogP contribution >= 0.6 is 0 Å². The lowest BCUT2D eigenvalue weighted by molar-refractivity contribution is -0.256. The number of unbranched alkanes of at least 4 members (excludes halogenated alkanes) is 2. The van der Waals surface area contributed by atoms with Crippen molar-refractivity contribution >= 4 is 11.8 Å². The van der Waals surface area contributed by atoms with Gasteiger partial charge >= 0.3 is 6.09 Å². The molecule has 3 aliphatic heterocycles. The highest BCUT2D eigenvalue weighted by atomic mass is 16.7. The molecule has 6 atom stereocenters. The first kappa shape index (κ1) is 43.6. The van der Waals surface area contributed by atoms with Crippen molar-refractivity contribution in [1.82, 2.24) is 9.80 Å². The Hall–Kier alpha value is -5.08. The molecular formula is C49H61N3O10. The molecule has 0 bridgehead atoms. The van der Waals surface area contributed by atoms with Gasteiger partial charge in [-0.25, -0.2) is 4.79 Å². The molecule has 3 heterocycles. The van der Waals surface area contributed by atoms with Gasteiger partial charge in [-0.15, -0.1) is 6.58 Å². The number of carbonyl (C=O) groups is 1. The Morgan fingerprint density at radius 1 is 0.968 bits per heavy atom. The maximum atomic E-state index is 14.6. The van der Waals surface area contributed by atoms with Gasteiger partial charge in [0, 0.05) is 57.3 Å². The van der Waals surface area contributed by atoms with Gasteiger partial charge in [0.15, 0.2) is 11.5 Å². The van der Waals surface area contributed by atoms with Gasteiger partial charge in [-0.1, -0.05) is 66.5 Å². The highest BCUT2D eigenvalue weighted by Gasteiger charge is 2.65. The van der Waals surface area contributed by atoms with E-state index in [-0.39, 0.29) is 70.5 Å². The van der Waals surface area contributed by atoms with Gasteiger partial charge in [0.05, 0.1) is 24.8 Å². The molecule has 0 spiro atoms. The van der Waals surface area contributed by atoms with Crippen LogP contribution in [0.25, 0.3) is 0 Å². The SMILES string of the molecule is C=CCO[C@@]12Oc3ccc(OCCN4CC4)cc3[C@H]3[C@H](CCCCO)[C@@H](CCCCO)C=C(C(=NOCc4ccccc4)C[C@@H]1N(Cc1ccc4c(c1)OCO4)C(=O)OCC)[C@H]32. The van der Waals surface area contributed by atoms with Crippen LogP contribution < -0.4 is 18.9 Å². The molecular weight excluding hydrogens is 791 g/mol. The fourth-order valence-corrected chi connectivity index (χ4v) is 9.83. The van der Waals surface area contributed by atoms with Gasteiger partial charge in [0.1, 0.15) is 30.8 Å². The Labute approximate surface area is 364 Å². The molecule has 2 fully saturated rings. The minimum absolute atomic E-state index is 0.0753. The molecule has 1 amide bonds. The standard InChI is InChI=1S/C49H61N3O10/c1-3-25-60-49-45(52(48(55)56-4-2)31-35-16-18-43-44(27-35)59-33-58-43)30-41(50-61-32-34-12-6-5-7-13-34)39-28-36(14-8-10-23-53)38(15-9-11-24-54)46(47(39)49)40-29-37(17-19-42(40)62-49)57-26-22-51-20-21-51/h3,5-7,12-13,16-19,27-29,36,38,45-47,53-54H,1,4,8-11,14-15,20-26,30-33H2,2H3/t36-,38+,45-,46+,47+,49+/m0/s1. The molecule has 2 aliphatic carbocycles. The van der Waals surface area contributed by atoms with E-state index in [0.717, 1.165) is 73.3 Å². The van der Waals surface area contributed by atoms with Gasteiger partial charge in [-0.3, -0.25) is 9.80 Å². The fourth-order valence-electron chi connectivity index (χ4n) is 9.83. The quantitative estimate of drug-likeness (QED) is 0.0447. The summed E-state index contributed by atoms with van der Waals surface area (Å²) in [5.41, 5.74) is 4.46. The first-order valence-corrected chi connectivity index (χ1v) is 22.4. The van der Waals surface area contributed by atoms with Crippen molar-refractivity contribution in [1.29, 1.82) is 0 Å². The van der Waals surface area contributed by atoms with Crippen LogP contribution in [0.15, 0.2) is 96.2 Å². The van der Waals surface area contributed by atoms with E-state index in [4.69, 9.17) is 38.4 Å². The highest BCUT2D eigenvalue weighted by Crippen LogP contribution is 2.62. The lowest BCUT2D eigenvalue weighted by atomic mass is 9.55. The normalized spacial score (nSPS) is 24.9. The number of rotatable bonds is 22. The van der Waals surface area contributed by atoms with E-state index >= 15 is 0 Å². The summed E-state index contributed by atoms with van der Waals surface area (Å²) < 4.78 is 38.2. The summed E-state index contributed by atoms with van der Waals surface area (Å²) in [6.45, 7) is 10.5. The van der Waals surface area contributed by atoms with E-state index in [1.165, 1.54) is 0 Å². The predicted octanol–water partition coefficient (Wildman–Crippen LogP) is 7.60. The minimum Gasteiger partial charge on any atom is -0.492 e. The molecule has 332 valence electrons. The first-order valence-electron chi connectivity index (χ1n) is 22.4. The second-order valence-electron chi connectivity index (χ2n) is 16.7. The largest absolute Gasteiger partial charge is 0.492 e. The van der Waals surface area contributed by atoms with Crippen LogP contribution in [0.5, 0.6) is 23.0 Å². The molecule has 1 saturated carbocycles. The molecule has 3 aromatic rings. The van der Waals surface area contributed by atoms with Gasteiger partial charge < -0.3 is 43.5 Å². The van der Waals surface area contributed by atoms with Crippen molar-refractivity contribution < 1.29 is 48.3 Å². The Balaban J connectivity index is 1.30. The van der Waals surface area contributed by atoms with Crippen LogP contribution in [0.4, 0.5) is 4.79 Å². The zero-order chi connectivity index (χ0) is 42.9. The number of carbonyl (C=O) groups excluding carboxylic acids is 1. The van der Waals surface area contributed by atoms with E-state index in [9.17, 15) is 15.0 Å². The van der Waals surface area contributed by atoms with Crippen molar-refractivity contribution in [3.8, 4) is 23.0 Å². The van der Waals surface area contributed by atoms with Crippen LogP contribution in [0.1, 0.15) is 74.5 Å². The molecule has 0 radical (unpaired) electrons. The molecule has 5 aliphatic rings. The van der Waals surface area contributed by atoms with Crippen LogP contribution in [0, 0.1) is 17.8 Å². The maximum absolute atomic E-state index is 14.6. The number of allylic oxidation sites excluding steroid dienone is 1. The van der Waals surface area contributed by atoms with E-state index in [2.05, 4.69) is 23.6 Å². The van der Waals surface area contributed by atoms with Gasteiger partial charge in [-0.2, -0.15) is 0 Å². The number of benzene rings is 3. The Morgan fingerprint density at radius 2 is 1.76 bits per heavy atom. The molecule has 13 heteroatoms. The van der Waals surface area contributed by atoms with E-state index in [1.807, 2.05) is 60.7 Å². The predicted molar refractivity (Wildman–Crippen MR) is 233 cm³/mol. The van der Waals surface area contributed by atoms with Crippen molar-refractivity contribution in [3.05, 3.63) is 108 Å². The van der Waals surface area contributed by atoms with Crippen LogP contribution in [-0.2, 0) is 27.5 Å². The Morgan fingerprint density at radius 3 is 2.53 bits per heavy atom. The number of hydrogen-bond acceptors (Lipinski definition) is 12. The summed E-state index contributed by atoms with van der Waals surface area (Å²) in [6.07, 6.45) is 8.46. The van der Waals surface area contributed by atoms with Gasteiger partial charge in [0.2, 0.25) is 12.6 Å². The number of fused-ring (bicyclic) bond motifs is 3. The monoisotopic (exact) mass is 851 g/mol. The number of ether oxygens (including phenoxy) is 6. The molecule has 3 aromatic carbocycles. The number of nitrogens with zero attached hydrogens (tertiary/aromatic N) is 3.